The summed E-state index contributed by atoms with van der Waals surface area (Å²) in [7, 11) is 1.68. The van der Waals surface area contributed by atoms with Crippen LogP contribution in [0.1, 0.15) is 28.1 Å². The number of rotatable bonds is 6. The van der Waals surface area contributed by atoms with Crippen LogP contribution >= 0.6 is 27.3 Å². The van der Waals surface area contributed by atoms with Crippen molar-refractivity contribution >= 4 is 39.1 Å². The molecule has 0 aliphatic heterocycles. The van der Waals surface area contributed by atoms with E-state index < -0.39 is 0 Å². The molecule has 1 heterocycles. The Bertz CT molecular complexity index is 728. The fraction of sp³-hybridized carbons (Fsp3) is 0.333. The summed E-state index contributed by atoms with van der Waals surface area (Å²) in [5.41, 5.74) is 1.12. The number of thiophene rings is 1. The van der Waals surface area contributed by atoms with Crippen LogP contribution in [0.3, 0.4) is 0 Å². The molecule has 1 aliphatic carbocycles. The molecule has 0 bridgehead atoms. The van der Waals surface area contributed by atoms with Crippen molar-refractivity contribution in [2.75, 3.05) is 13.6 Å². The number of hydrogen-bond donors (Lipinski definition) is 0. The summed E-state index contributed by atoms with van der Waals surface area (Å²) in [6.07, 6.45) is 2.10. The van der Waals surface area contributed by atoms with E-state index >= 15 is 0 Å². The van der Waals surface area contributed by atoms with Crippen LogP contribution in [0.2, 0.25) is 0 Å². The molecule has 0 atom stereocenters. The van der Waals surface area contributed by atoms with Crippen LogP contribution in [0, 0.1) is 0 Å². The lowest BCUT2D eigenvalue weighted by atomic mass is 10.2. The third-order valence-corrected chi connectivity index (χ3v) is 5.62. The maximum absolute atomic E-state index is 12.7. The number of benzene rings is 1. The zero-order valence-electron chi connectivity index (χ0n) is 13.4. The highest BCUT2D eigenvalue weighted by molar-refractivity contribution is 9.11. The van der Waals surface area contributed by atoms with Crippen molar-refractivity contribution < 1.29 is 9.59 Å². The van der Waals surface area contributed by atoms with Gasteiger partial charge in [0.25, 0.3) is 5.91 Å². The Kier molecular flexibility index (Phi) is 5.36. The number of nitrogens with zero attached hydrogens (tertiary/aromatic N) is 2. The van der Waals surface area contributed by atoms with Gasteiger partial charge in [-0.15, -0.1) is 11.3 Å². The number of amides is 2. The number of likely N-dealkylation sites (N-methyl/N-ethyl adjacent to an activating group) is 1. The Morgan fingerprint density at radius 3 is 2.46 bits per heavy atom. The summed E-state index contributed by atoms with van der Waals surface area (Å²) in [5, 5.41) is 0. The third kappa shape index (κ3) is 4.24. The first kappa shape index (κ1) is 17.2. The van der Waals surface area contributed by atoms with E-state index in [1.165, 1.54) is 16.2 Å². The van der Waals surface area contributed by atoms with Crippen molar-refractivity contribution in [1.82, 2.24) is 9.80 Å². The molecular formula is C18H19BrN2O2S. The highest BCUT2D eigenvalue weighted by Gasteiger charge is 2.33. The standard InChI is InChI=1S/C18H19BrN2O2S/c1-20(18(23)15-9-10-16(19)24-15)12-17(22)21(14-7-8-14)11-13-5-3-2-4-6-13/h2-6,9-10,14H,7-8,11-12H2,1H3. The van der Waals surface area contributed by atoms with Gasteiger partial charge in [-0.3, -0.25) is 9.59 Å². The van der Waals surface area contributed by atoms with Gasteiger partial charge in [-0.05, 0) is 46.5 Å². The Balaban J connectivity index is 1.64. The van der Waals surface area contributed by atoms with Crippen molar-refractivity contribution in [1.29, 1.82) is 0 Å². The van der Waals surface area contributed by atoms with Crippen LogP contribution in [-0.2, 0) is 11.3 Å². The second kappa shape index (κ2) is 7.49. The lowest BCUT2D eigenvalue weighted by Gasteiger charge is -2.25. The van der Waals surface area contributed by atoms with Crippen LogP contribution in [0.5, 0.6) is 0 Å². The lowest BCUT2D eigenvalue weighted by Crippen LogP contribution is -2.41. The minimum atomic E-state index is -0.116. The molecule has 1 saturated carbocycles. The average molecular weight is 407 g/mol. The Morgan fingerprint density at radius 2 is 1.88 bits per heavy atom. The highest BCUT2D eigenvalue weighted by atomic mass is 79.9. The van der Waals surface area contributed by atoms with Gasteiger partial charge in [-0.25, -0.2) is 0 Å². The molecular weight excluding hydrogens is 388 g/mol. The molecule has 0 saturated heterocycles. The first-order valence-corrected chi connectivity index (χ1v) is 9.50. The van der Waals surface area contributed by atoms with Crippen LogP contribution in [0.25, 0.3) is 0 Å². The van der Waals surface area contributed by atoms with E-state index in [4.69, 9.17) is 0 Å². The van der Waals surface area contributed by atoms with Gasteiger partial charge in [0, 0.05) is 19.6 Å². The van der Waals surface area contributed by atoms with Crippen LogP contribution in [-0.4, -0.2) is 41.2 Å². The van der Waals surface area contributed by atoms with Gasteiger partial charge in [-0.1, -0.05) is 30.3 Å². The molecule has 0 unspecified atom stereocenters. The first-order chi connectivity index (χ1) is 11.5. The predicted molar refractivity (Wildman–Crippen MR) is 99.0 cm³/mol. The average Bonchev–Trinajstić information content (AvgIpc) is 3.33. The number of carbonyl (C=O) groups is 2. The molecule has 3 rings (SSSR count). The van der Waals surface area contributed by atoms with Crippen molar-refractivity contribution in [3.63, 3.8) is 0 Å². The third-order valence-electron chi connectivity index (χ3n) is 4.01. The van der Waals surface area contributed by atoms with Gasteiger partial charge in [0.1, 0.15) is 0 Å². The SMILES string of the molecule is CN(CC(=O)N(Cc1ccccc1)C1CC1)C(=O)c1ccc(Br)s1. The Hall–Kier alpha value is -1.66. The molecule has 2 aromatic rings. The van der Waals surface area contributed by atoms with E-state index in [9.17, 15) is 9.59 Å². The predicted octanol–water partition coefficient (Wildman–Crippen LogP) is 3.77. The van der Waals surface area contributed by atoms with Crippen molar-refractivity contribution in [2.24, 2.45) is 0 Å². The summed E-state index contributed by atoms with van der Waals surface area (Å²) in [5.74, 6) is -0.109. The van der Waals surface area contributed by atoms with Gasteiger partial charge in [-0.2, -0.15) is 0 Å². The van der Waals surface area contributed by atoms with Gasteiger partial charge in [0.15, 0.2) is 0 Å². The molecule has 4 nitrogen and oxygen atoms in total. The largest absolute Gasteiger partial charge is 0.334 e. The lowest BCUT2D eigenvalue weighted by molar-refractivity contribution is -0.132. The smallest absolute Gasteiger partial charge is 0.264 e. The molecule has 6 heteroatoms. The normalized spacial score (nSPS) is 13.6. The number of halogens is 1. The Morgan fingerprint density at radius 1 is 1.17 bits per heavy atom. The minimum absolute atomic E-state index is 0.00725. The van der Waals surface area contributed by atoms with Gasteiger partial charge in [0.05, 0.1) is 15.2 Å². The minimum Gasteiger partial charge on any atom is -0.334 e. The zero-order chi connectivity index (χ0) is 17.1. The van der Waals surface area contributed by atoms with Crippen molar-refractivity contribution in [3.05, 3.63) is 56.7 Å². The monoisotopic (exact) mass is 406 g/mol. The van der Waals surface area contributed by atoms with E-state index in [1.807, 2.05) is 41.3 Å². The van der Waals surface area contributed by atoms with Crippen LogP contribution < -0.4 is 0 Å². The molecule has 0 spiro atoms. The van der Waals surface area contributed by atoms with E-state index in [2.05, 4.69) is 15.9 Å². The van der Waals surface area contributed by atoms with E-state index in [1.54, 1.807) is 13.1 Å². The summed E-state index contributed by atoms with van der Waals surface area (Å²) in [6, 6.07) is 13.9. The maximum atomic E-state index is 12.7. The van der Waals surface area contributed by atoms with Gasteiger partial charge in [0.2, 0.25) is 5.91 Å². The molecule has 1 aliphatic rings. The van der Waals surface area contributed by atoms with Crippen molar-refractivity contribution in [2.45, 2.75) is 25.4 Å². The highest BCUT2D eigenvalue weighted by Crippen LogP contribution is 2.29. The van der Waals surface area contributed by atoms with E-state index in [0.29, 0.717) is 17.5 Å². The van der Waals surface area contributed by atoms with Gasteiger partial charge < -0.3 is 9.80 Å². The molecule has 1 aromatic carbocycles. The fourth-order valence-corrected chi connectivity index (χ4v) is 3.95. The second-order valence-electron chi connectivity index (χ2n) is 6.00. The summed E-state index contributed by atoms with van der Waals surface area (Å²) >= 11 is 4.74. The van der Waals surface area contributed by atoms with Crippen molar-refractivity contribution in [3.8, 4) is 0 Å². The molecule has 2 amide bonds. The molecule has 0 N–H and O–H groups in total. The summed E-state index contributed by atoms with van der Waals surface area (Å²) in [6.45, 7) is 0.717. The Labute approximate surface area is 154 Å². The second-order valence-corrected chi connectivity index (χ2v) is 8.47. The quantitative estimate of drug-likeness (QED) is 0.732. The van der Waals surface area contributed by atoms with E-state index in [-0.39, 0.29) is 18.4 Å². The number of hydrogen-bond acceptors (Lipinski definition) is 3. The molecule has 24 heavy (non-hydrogen) atoms. The van der Waals surface area contributed by atoms with E-state index in [0.717, 1.165) is 22.2 Å². The summed E-state index contributed by atoms with van der Waals surface area (Å²) in [4.78, 5) is 29.2. The molecule has 126 valence electrons. The van der Waals surface area contributed by atoms with Gasteiger partial charge >= 0.3 is 0 Å². The number of carbonyl (C=O) groups excluding carboxylic acids is 2. The topological polar surface area (TPSA) is 40.6 Å². The zero-order valence-corrected chi connectivity index (χ0v) is 15.8. The molecule has 1 aromatic heterocycles. The first-order valence-electron chi connectivity index (χ1n) is 7.89. The summed E-state index contributed by atoms with van der Waals surface area (Å²) < 4.78 is 0.911. The molecule has 0 radical (unpaired) electrons. The maximum Gasteiger partial charge on any atom is 0.264 e. The fourth-order valence-electron chi connectivity index (χ4n) is 2.57. The molecule has 1 fully saturated rings. The van der Waals surface area contributed by atoms with Crippen LogP contribution in [0.15, 0.2) is 46.3 Å². The van der Waals surface area contributed by atoms with Crippen LogP contribution in [0.4, 0.5) is 0 Å².